The molecule has 0 bridgehead atoms. The number of benzene rings is 3. The summed E-state index contributed by atoms with van der Waals surface area (Å²) >= 11 is 12.4. The van der Waals surface area contributed by atoms with Gasteiger partial charge in [0, 0.05) is 0 Å². The smallest absolute Gasteiger partial charge is 0.242 e. The van der Waals surface area contributed by atoms with Gasteiger partial charge in [-0.15, -0.1) is 0 Å². The van der Waals surface area contributed by atoms with E-state index in [1.165, 1.54) is 19.2 Å². The predicted molar refractivity (Wildman–Crippen MR) is 113 cm³/mol. The highest BCUT2D eigenvalue weighted by molar-refractivity contribution is 7.89. The van der Waals surface area contributed by atoms with Crippen LogP contribution in [0.5, 0.6) is 5.75 Å². The zero-order valence-corrected chi connectivity index (χ0v) is 17.6. The van der Waals surface area contributed by atoms with Crippen LogP contribution < -0.4 is 9.46 Å². The fourth-order valence-corrected chi connectivity index (χ4v) is 5.01. The van der Waals surface area contributed by atoms with Crippen LogP contribution in [-0.2, 0) is 10.0 Å². The molecule has 7 heteroatoms. The van der Waals surface area contributed by atoms with Crippen molar-refractivity contribution in [2.45, 2.75) is 17.9 Å². The second-order valence-electron chi connectivity index (χ2n) is 6.22. The minimum Gasteiger partial charge on any atom is -0.495 e. The highest BCUT2D eigenvalue weighted by atomic mass is 35.5. The quantitative estimate of drug-likeness (QED) is 0.565. The van der Waals surface area contributed by atoms with Crippen LogP contribution in [0.25, 0.3) is 0 Å². The Kier molecular flexibility index (Phi) is 6.30. The van der Waals surface area contributed by atoms with E-state index in [1.54, 1.807) is 0 Å². The monoisotopic (exact) mass is 435 g/mol. The first-order valence-corrected chi connectivity index (χ1v) is 10.7. The Hall–Kier alpha value is -2.05. The molecule has 0 saturated heterocycles. The molecule has 4 nitrogen and oxygen atoms in total. The van der Waals surface area contributed by atoms with E-state index in [9.17, 15) is 8.42 Å². The minimum atomic E-state index is -3.97. The van der Waals surface area contributed by atoms with Crippen molar-refractivity contribution in [2.75, 3.05) is 7.11 Å². The normalized spacial score (nSPS) is 12.6. The molecule has 0 aliphatic carbocycles. The molecule has 0 aliphatic rings. The highest BCUT2D eigenvalue weighted by Gasteiger charge is 2.27. The van der Waals surface area contributed by atoms with Gasteiger partial charge in [0.05, 0.1) is 18.2 Å². The molecule has 0 saturated carbocycles. The number of nitrogens with one attached hydrogen (secondary N) is 1. The first-order valence-electron chi connectivity index (χ1n) is 8.50. The van der Waals surface area contributed by atoms with Crippen molar-refractivity contribution >= 4 is 33.2 Å². The summed E-state index contributed by atoms with van der Waals surface area (Å²) < 4.78 is 34.2. The highest BCUT2D eigenvalue weighted by Crippen LogP contribution is 2.37. The Balaban J connectivity index is 2.09. The van der Waals surface area contributed by atoms with Crippen LogP contribution in [0.15, 0.2) is 71.6 Å². The first-order chi connectivity index (χ1) is 13.3. The lowest BCUT2D eigenvalue weighted by molar-refractivity contribution is 0.414. The van der Waals surface area contributed by atoms with E-state index in [2.05, 4.69) is 4.72 Å². The average molecular weight is 436 g/mol. The number of rotatable bonds is 6. The molecule has 1 atom stereocenters. The number of sulfonamides is 1. The number of hydrogen-bond acceptors (Lipinski definition) is 3. The van der Waals surface area contributed by atoms with Crippen molar-refractivity contribution in [2.24, 2.45) is 0 Å². The maximum Gasteiger partial charge on any atom is 0.242 e. The lowest BCUT2D eigenvalue weighted by atomic mass is 9.96. The van der Waals surface area contributed by atoms with Crippen molar-refractivity contribution in [3.8, 4) is 5.75 Å². The van der Waals surface area contributed by atoms with Gasteiger partial charge in [0.2, 0.25) is 10.0 Å². The van der Waals surface area contributed by atoms with Gasteiger partial charge in [-0.1, -0.05) is 77.8 Å². The Labute approximate surface area is 175 Å². The Morgan fingerprint density at radius 2 is 1.54 bits per heavy atom. The van der Waals surface area contributed by atoms with Crippen LogP contribution in [0.3, 0.4) is 0 Å². The standard InChI is InChI=1S/C21H19Cl2NO3S/c1-14-8-6-7-11-16(14)21(15-9-4-3-5-10-15)24-28(25,26)18-13-12-17(27-2)19(22)20(18)23/h3-13,21,24H,1-2H3. The van der Waals surface area contributed by atoms with Crippen molar-refractivity contribution < 1.29 is 13.2 Å². The molecule has 1 unspecified atom stereocenters. The summed E-state index contributed by atoms with van der Waals surface area (Å²) in [6.45, 7) is 1.94. The summed E-state index contributed by atoms with van der Waals surface area (Å²) in [5.74, 6) is 0.309. The average Bonchev–Trinajstić information content (AvgIpc) is 2.69. The molecule has 0 fully saturated rings. The van der Waals surface area contributed by atoms with Gasteiger partial charge in [0.15, 0.2) is 0 Å². The van der Waals surface area contributed by atoms with E-state index in [0.29, 0.717) is 5.75 Å². The molecule has 0 aromatic heterocycles. The van der Waals surface area contributed by atoms with Crippen molar-refractivity contribution in [1.82, 2.24) is 4.72 Å². The van der Waals surface area contributed by atoms with Gasteiger partial charge in [-0.2, -0.15) is 4.72 Å². The Morgan fingerprint density at radius 3 is 2.18 bits per heavy atom. The molecule has 28 heavy (non-hydrogen) atoms. The van der Waals surface area contributed by atoms with Gasteiger partial charge in [-0.25, -0.2) is 8.42 Å². The maximum absolute atomic E-state index is 13.2. The molecule has 0 amide bonds. The summed E-state index contributed by atoms with van der Waals surface area (Å²) in [6, 6.07) is 19.3. The molecule has 3 aromatic rings. The minimum absolute atomic E-state index is 0.0548. The van der Waals surface area contributed by atoms with Crippen LogP contribution in [-0.4, -0.2) is 15.5 Å². The van der Waals surface area contributed by atoms with E-state index < -0.39 is 16.1 Å². The largest absolute Gasteiger partial charge is 0.495 e. The molecule has 1 N–H and O–H groups in total. The zero-order valence-electron chi connectivity index (χ0n) is 15.3. The van der Waals surface area contributed by atoms with E-state index in [4.69, 9.17) is 27.9 Å². The van der Waals surface area contributed by atoms with Crippen LogP contribution in [0.1, 0.15) is 22.7 Å². The topological polar surface area (TPSA) is 55.4 Å². The second kappa shape index (κ2) is 8.53. The fraction of sp³-hybridized carbons (Fsp3) is 0.143. The van der Waals surface area contributed by atoms with Crippen LogP contribution >= 0.6 is 23.2 Å². The second-order valence-corrected chi connectivity index (χ2v) is 8.65. The molecule has 0 heterocycles. The molecule has 0 aliphatic heterocycles. The van der Waals surface area contributed by atoms with Gasteiger partial charge in [-0.3, -0.25) is 0 Å². The fourth-order valence-electron chi connectivity index (χ4n) is 2.97. The van der Waals surface area contributed by atoms with Crippen LogP contribution in [0.2, 0.25) is 10.0 Å². The molecule has 0 spiro atoms. The summed E-state index contributed by atoms with van der Waals surface area (Å²) in [5.41, 5.74) is 2.64. The third kappa shape index (κ3) is 4.18. The van der Waals surface area contributed by atoms with Crippen LogP contribution in [0.4, 0.5) is 0 Å². The van der Waals surface area contributed by atoms with Crippen molar-refractivity contribution in [1.29, 1.82) is 0 Å². The van der Waals surface area contributed by atoms with E-state index in [1.807, 2.05) is 61.5 Å². The van der Waals surface area contributed by atoms with Gasteiger partial charge < -0.3 is 4.74 Å². The number of ether oxygens (including phenoxy) is 1. The molecular weight excluding hydrogens is 417 g/mol. The number of halogens is 2. The summed E-state index contributed by atoms with van der Waals surface area (Å²) in [5, 5.41) is -0.0238. The van der Waals surface area contributed by atoms with E-state index in [0.717, 1.165) is 16.7 Å². The van der Waals surface area contributed by atoms with Crippen LogP contribution in [0, 0.1) is 6.92 Å². The van der Waals surface area contributed by atoms with Gasteiger partial charge in [-0.05, 0) is 35.7 Å². The predicted octanol–water partition coefficient (Wildman–Crippen LogP) is 5.38. The lowest BCUT2D eigenvalue weighted by Gasteiger charge is -2.22. The third-order valence-corrected chi connectivity index (χ3v) is 6.87. The first kappa shape index (κ1) is 20.7. The molecular formula is C21H19Cl2NO3S. The lowest BCUT2D eigenvalue weighted by Crippen LogP contribution is -2.30. The van der Waals surface area contributed by atoms with Gasteiger partial charge in [0.1, 0.15) is 15.7 Å². The van der Waals surface area contributed by atoms with Crippen molar-refractivity contribution in [3.63, 3.8) is 0 Å². The Bertz CT molecular complexity index is 1090. The molecule has 0 radical (unpaired) electrons. The molecule has 3 rings (SSSR count). The summed E-state index contributed by atoms with van der Waals surface area (Å²) in [6.07, 6.45) is 0. The molecule has 146 valence electrons. The van der Waals surface area contributed by atoms with E-state index >= 15 is 0 Å². The van der Waals surface area contributed by atoms with Gasteiger partial charge >= 0.3 is 0 Å². The maximum atomic E-state index is 13.2. The third-order valence-electron chi connectivity index (χ3n) is 4.43. The Morgan fingerprint density at radius 1 is 0.893 bits per heavy atom. The number of hydrogen-bond donors (Lipinski definition) is 1. The summed E-state index contributed by atoms with van der Waals surface area (Å²) in [7, 11) is -2.53. The van der Waals surface area contributed by atoms with E-state index in [-0.39, 0.29) is 14.9 Å². The summed E-state index contributed by atoms with van der Waals surface area (Å²) in [4.78, 5) is -0.102. The van der Waals surface area contributed by atoms with Gasteiger partial charge in [0.25, 0.3) is 0 Å². The molecule has 3 aromatic carbocycles. The SMILES string of the molecule is COc1ccc(S(=O)(=O)NC(c2ccccc2)c2ccccc2C)c(Cl)c1Cl. The number of methoxy groups -OCH3 is 1. The zero-order chi connectivity index (χ0) is 20.3. The number of aryl methyl sites for hydroxylation is 1. The van der Waals surface area contributed by atoms with Crippen molar-refractivity contribution in [3.05, 3.63) is 93.5 Å².